The van der Waals surface area contributed by atoms with E-state index in [4.69, 9.17) is 9.47 Å². The van der Waals surface area contributed by atoms with Crippen LogP contribution in [0.4, 0.5) is 11.4 Å². The zero-order chi connectivity index (χ0) is 18.1. The predicted molar refractivity (Wildman–Crippen MR) is 98.9 cm³/mol. The number of benzene rings is 1. The van der Waals surface area contributed by atoms with Crippen LogP contribution in [0.3, 0.4) is 0 Å². The van der Waals surface area contributed by atoms with Gasteiger partial charge in [-0.15, -0.1) is 0 Å². The highest BCUT2D eigenvalue weighted by Crippen LogP contribution is 2.31. The average molecular weight is 343 g/mol. The van der Waals surface area contributed by atoms with Crippen LogP contribution in [0.15, 0.2) is 36.7 Å². The van der Waals surface area contributed by atoms with Gasteiger partial charge in [0.25, 0.3) is 5.91 Å². The zero-order valence-electron chi connectivity index (χ0n) is 15.0. The number of carbonyl (C=O) groups is 1. The summed E-state index contributed by atoms with van der Waals surface area (Å²) in [6.45, 7) is 2.81. The van der Waals surface area contributed by atoms with E-state index in [1.165, 1.54) is 0 Å². The molecule has 1 aromatic heterocycles. The Morgan fingerprint density at radius 1 is 1.12 bits per heavy atom. The van der Waals surface area contributed by atoms with Crippen molar-refractivity contribution in [1.82, 2.24) is 10.3 Å². The second-order valence-corrected chi connectivity index (χ2v) is 5.62. The molecule has 1 aromatic carbocycles. The first kappa shape index (κ1) is 18.6. The van der Waals surface area contributed by atoms with Crippen molar-refractivity contribution < 1.29 is 14.3 Å². The second kappa shape index (κ2) is 9.52. The number of ether oxygens (including phenoxy) is 2. The van der Waals surface area contributed by atoms with Crippen LogP contribution in [0, 0.1) is 0 Å². The molecule has 0 bridgehead atoms. The summed E-state index contributed by atoms with van der Waals surface area (Å²) in [4.78, 5) is 16.3. The number of pyridine rings is 1. The molecule has 0 radical (unpaired) electrons. The first-order valence-electron chi connectivity index (χ1n) is 8.40. The van der Waals surface area contributed by atoms with Crippen molar-refractivity contribution in [2.75, 3.05) is 26.1 Å². The fourth-order valence-electron chi connectivity index (χ4n) is 2.37. The van der Waals surface area contributed by atoms with Gasteiger partial charge in [-0.05, 0) is 24.6 Å². The van der Waals surface area contributed by atoms with Gasteiger partial charge >= 0.3 is 0 Å². The van der Waals surface area contributed by atoms with E-state index in [1.54, 1.807) is 38.7 Å². The van der Waals surface area contributed by atoms with Crippen LogP contribution in [-0.2, 0) is 0 Å². The molecule has 0 aliphatic rings. The molecular weight excluding hydrogens is 318 g/mol. The highest BCUT2D eigenvalue weighted by Gasteiger charge is 2.09. The number of methoxy groups -OCH3 is 2. The largest absolute Gasteiger partial charge is 0.497 e. The first-order chi connectivity index (χ1) is 12.2. The maximum absolute atomic E-state index is 12.2. The fourth-order valence-corrected chi connectivity index (χ4v) is 2.37. The number of carbonyl (C=O) groups excluding carboxylic acids is 1. The minimum Gasteiger partial charge on any atom is -0.497 e. The summed E-state index contributed by atoms with van der Waals surface area (Å²) in [5.41, 5.74) is 2.00. The number of aromatic nitrogens is 1. The number of nitrogens with one attached hydrogen (secondary N) is 2. The number of unbranched alkanes of at least 4 members (excludes halogenated alkanes) is 2. The van der Waals surface area contributed by atoms with Crippen molar-refractivity contribution in [3.05, 3.63) is 42.2 Å². The Morgan fingerprint density at radius 3 is 2.68 bits per heavy atom. The van der Waals surface area contributed by atoms with Crippen molar-refractivity contribution in [3.63, 3.8) is 0 Å². The predicted octanol–water partition coefficient (Wildman–Crippen LogP) is 3.76. The van der Waals surface area contributed by atoms with E-state index in [-0.39, 0.29) is 5.91 Å². The molecule has 2 N–H and O–H groups in total. The smallest absolute Gasteiger partial charge is 0.252 e. The molecule has 0 unspecified atom stereocenters. The SMILES string of the molecule is CCCCCNC(=O)c1cncc(Nc2ccc(OC)cc2OC)c1. The van der Waals surface area contributed by atoms with Crippen molar-refractivity contribution in [3.8, 4) is 11.5 Å². The summed E-state index contributed by atoms with van der Waals surface area (Å²) in [6.07, 6.45) is 6.44. The number of hydrogen-bond acceptors (Lipinski definition) is 5. The molecule has 0 spiro atoms. The van der Waals surface area contributed by atoms with Crippen LogP contribution in [0.5, 0.6) is 11.5 Å². The summed E-state index contributed by atoms with van der Waals surface area (Å²) in [7, 11) is 3.20. The molecule has 0 aliphatic carbocycles. The number of anilines is 2. The number of hydrogen-bond donors (Lipinski definition) is 2. The summed E-state index contributed by atoms with van der Waals surface area (Å²) in [5, 5.41) is 6.14. The Hall–Kier alpha value is -2.76. The van der Waals surface area contributed by atoms with Crippen LogP contribution in [-0.4, -0.2) is 31.7 Å². The summed E-state index contributed by atoms with van der Waals surface area (Å²) in [5.74, 6) is 1.24. The molecule has 2 rings (SSSR count). The highest BCUT2D eigenvalue weighted by molar-refractivity contribution is 5.94. The lowest BCUT2D eigenvalue weighted by Crippen LogP contribution is -2.24. The minimum atomic E-state index is -0.117. The Labute approximate surface area is 148 Å². The van der Waals surface area contributed by atoms with Gasteiger partial charge in [-0.3, -0.25) is 9.78 Å². The molecule has 0 saturated heterocycles. The third-order valence-electron chi connectivity index (χ3n) is 3.75. The summed E-state index contributed by atoms with van der Waals surface area (Å²) < 4.78 is 10.6. The van der Waals surface area contributed by atoms with Crippen LogP contribution in [0.2, 0.25) is 0 Å². The third-order valence-corrected chi connectivity index (χ3v) is 3.75. The maximum atomic E-state index is 12.2. The molecule has 0 fully saturated rings. The van der Waals surface area contributed by atoms with Gasteiger partial charge in [-0.25, -0.2) is 0 Å². The molecule has 6 nitrogen and oxygen atoms in total. The normalized spacial score (nSPS) is 10.2. The molecule has 134 valence electrons. The quantitative estimate of drug-likeness (QED) is 0.678. The monoisotopic (exact) mass is 343 g/mol. The molecule has 25 heavy (non-hydrogen) atoms. The van der Waals surface area contributed by atoms with Crippen molar-refractivity contribution in [1.29, 1.82) is 0 Å². The number of nitrogens with zero attached hydrogens (tertiary/aromatic N) is 1. The Balaban J connectivity index is 2.07. The number of amides is 1. The lowest BCUT2D eigenvalue weighted by molar-refractivity contribution is 0.0952. The van der Waals surface area contributed by atoms with Crippen LogP contribution >= 0.6 is 0 Å². The van der Waals surface area contributed by atoms with E-state index in [1.807, 2.05) is 12.1 Å². The standard InChI is InChI=1S/C19H25N3O3/c1-4-5-6-9-21-19(23)14-10-15(13-20-12-14)22-17-8-7-16(24-2)11-18(17)25-3/h7-8,10-13,22H,4-6,9H2,1-3H3,(H,21,23). The van der Waals surface area contributed by atoms with Crippen LogP contribution in [0.1, 0.15) is 36.5 Å². The molecule has 2 aromatic rings. The highest BCUT2D eigenvalue weighted by atomic mass is 16.5. The van der Waals surface area contributed by atoms with Gasteiger partial charge in [0.1, 0.15) is 11.5 Å². The summed E-state index contributed by atoms with van der Waals surface area (Å²) >= 11 is 0. The van der Waals surface area contributed by atoms with E-state index in [2.05, 4.69) is 22.5 Å². The van der Waals surface area contributed by atoms with Gasteiger partial charge in [0, 0.05) is 18.8 Å². The second-order valence-electron chi connectivity index (χ2n) is 5.62. The number of rotatable bonds is 9. The van der Waals surface area contributed by atoms with Gasteiger partial charge in [0.15, 0.2) is 0 Å². The third kappa shape index (κ3) is 5.38. The van der Waals surface area contributed by atoms with E-state index in [9.17, 15) is 4.79 Å². The van der Waals surface area contributed by atoms with Gasteiger partial charge in [0.2, 0.25) is 0 Å². The van der Waals surface area contributed by atoms with Crippen LogP contribution in [0.25, 0.3) is 0 Å². The Kier molecular flexibility index (Phi) is 7.07. The molecule has 6 heteroatoms. The van der Waals surface area contributed by atoms with Gasteiger partial charge in [-0.1, -0.05) is 19.8 Å². The van der Waals surface area contributed by atoms with Gasteiger partial charge in [-0.2, -0.15) is 0 Å². The lowest BCUT2D eigenvalue weighted by Gasteiger charge is -2.13. The summed E-state index contributed by atoms with van der Waals surface area (Å²) in [6, 6.07) is 7.25. The molecule has 0 saturated carbocycles. The average Bonchev–Trinajstić information content (AvgIpc) is 2.65. The van der Waals surface area contributed by atoms with E-state index >= 15 is 0 Å². The Bertz CT molecular complexity index is 704. The molecule has 0 atom stereocenters. The van der Waals surface area contributed by atoms with Gasteiger partial charge < -0.3 is 20.1 Å². The lowest BCUT2D eigenvalue weighted by atomic mass is 10.2. The first-order valence-corrected chi connectivity index (χ1v) is 8.40. The molecular formula is C19H25N3O3. The Morgan fingerprint density at radius 2 is 1.96 bits per heavy atom. The van der Waals surface area contributed by atoms with Gasteiger partial charge in [0.05, 0.1) is 37.4 Å². The van der Waals surface area contributed by atoms with Crippen LogP contribution < -0.4 is 20.1 Å². The zero-order valence-corrected chi connectivity index (χ0v) is 15.0. The van der Waals surface area contributed by atoms with E-state index in [0.29, 0.717) is 29.3 Å². The van der Waals surface area contributed by atoms with Crippen molar-refractivity contribution in [2.45, 2.75) is 26.2 Å². The molecule has 1 amide bonds. The van der Waals surface area contributed by atoms with E-state index < -0.39 is 0 Å². The topological polar surface area (TPSA) is 72.5 Å². The van der Waals surface area contributed by atoms with Crippen molar-refractivity contribution in [2.24, 2.45) is 0 Å². The van der Waals surface area contributed by atoms with E-state index in [0.717, 1.165) is 24.9 Å². The molecule has 1 heterocycles. The fraction of sp³-hybridized carbons (Fsp3) is 0.368. The minimum absolute atomic E-state index is 0.117. The molecule has 0 aliphatic heterocycles. The maximum Gasteiger partial charge on any atom is 0.252 e. The van der Waals surface area contributed by atoms with Crippen molar-refractivity contribution >= 4 is 17.3 Å².